The van der Waals surface area contributed by atoms with Crippen LogP contribution in [0.25, 0.3) is 0 Å². The molecule has 2 aromatic heterocycles. The lowest BCUT2D eigenvalue weighted by molar-refractivity contribution is 0.0941. The van der Waals surface area contributed by atoms with Crippen molar-refractivity contribution < 1.29 is 14.1 Å². The molecule has 3 rings (SSSR count). The van der Waals surface area contributed by atoms with Crippen molar-refractivity contribution >= 4 is 5.91 Å². The first-order chi connectivity index (χ1) is 10.6. The van der Waals surface area contributed by atoms with Crippen molar-refractivity contribution in [2.24, 2.45) is 0 Å². The summed E-state index contributed by atoms with van der Waals surface area (Å²) < 4.78 is 10.6. The van der Waals surface area contributed by atoms with E-state index in [1.807, 2.05) is 19.9 Å². The molecule has 2 heterocycles. The third-order valence-corrected chi connectivity index (χ3v) is 3.35. The lowest BCUT2D eigenvalue weighted by Crippen LogP contribution is -2.23. The quantitative estimate of drug-likeness (QED) is 0.887. The number of hydrogen-bond acceptors (Lipinski definition) is 5. The first kappa shape index (κ1) is 14.6. The summed E-state index contributed by atoms with van der Waals surface area (Å²) in [6.07, 6.45) is 4.02. The second-order valence-corrected chi connectivity index (χ2v) is 5.74. The molecule has 6 heteroatoms. The molecule has 1 amide bonds. The summed E-state index contributed by atoms with van der Waals surface area (Å²) in [5.74, 6) is 1.60. The van der Waals surface area contributed by atoms with Crippen LogP contribution < -0.4 is 10.1 Å². The van der Waals surface area contributed by atoms with Gasteiger partial charge in [-0.3, -0.25) is 4.79 Å². The van der Waals surface area contributed by atoms with Crippen molar-refractivity contribution in [3.05, 3.63) is 41.4 Å². The number of aromatic nitrogens is 2. The summed E-state index contributed by atoms with van der Waals surface area (Å²) in [6, 6.07) is 5.40. The number of pyridine rings is 1. The van der Waals surface area contributed by atoms with E-state index >= 15 is 0 Å². The maximum Gasteiger partial charge on any atom is 0.273 e. The van der Waals surface area contributed by atoms with E-state index in [0.29, 0.717) is 24.0 Å². The number of nitrogens with zero attached hydrogens (tertiary/aromatic N) is 2. The van der Waals surface area contributed by atoms with Crippen LogP contribution in [0, 0.1) is 0 Å². The molecule has 0 radical (unpaired) electrons. The summed E-state index contributed by atoms with van der Waals surface area (Å²) >= 11 is 0. The van der Waals surface area contributed by atoms with Crippen LogP contribution in [0.15, 0.2) is 28.9 Å². The predicted molar refractivity (Wildman–Crippen MR) is 79.6 cm³/mol. The highest BCUT2D eigenvalue weighted by Crippen LogP contribution is 2.40. The van der Waals surface area contributed by atoms with Gasteiger partial charge in [-0.25, -0.2) is 4.98 Å². The summed E-state index contributed by atoms with van der Waals surface area (Å²) in [5.41, 5.74) is 1.23. The number of rotatable bonds is 6. The fraction of sp³-hybridized carbons (Fsp3) is 0.438. The third kappa shape index (κ3) is 3.63. The SMILES string of the molecule is CC(C)Oc1ccc(CNC(=O)c2cc(C3CC3)on2)cn1. The highest BCUT2D eigenvalue weighted by atomic mass is 16.5. The number of carbonyl (C=O) groups is 1. The van der Waals surface area contributed by atoms with Crippen LogP contribution >= 0.6 is 0 Å². The largest absolute Gasteiger partial charge is 0.475 e. The van der Waals surface area contributed by atoms with Gasteiger partial charge in [-0.2, -0.15) is 0 Å². The number of hydrogen-bond donors (Lipinski definition) is 1. The van der Waals surface area contributed by atoms with Crippen molar-refractivity contribution in [3.63, 3.8) is 0 Å². The van der Waals surface area contributed by atoms with E-state index in [1.165, 1.54) is 0 Å². The van der Waals surface area contributed by atoms with Gasteiger partial charge in [-0.1, -0.05) is 11.2 Å². The van der Waals surface area contributed by atoms with E-state index < -0.39 is 0 Å². The molecule has 2 aromatic rings. The van der Waals surface area contributed by atoms with Crippen molar-refractivity contribution in [2.45, 2.75) is 45.3 Å². The summed E-state index contributed by atoms with van der Waals surface area (Å²) in [6.45, 7) is 4.28. The Bertz CT molecular complexity index is 645. The zero-order valence-corrected chi connectivity index (χ0v) is 12.7. The van der Waals surface area contributed by atoms with Crippen molar-refractivity contribution in [2.75, 3.05) is 0 Å². The van der Waals surface area contributed by atoms with Gasteiger partial charge < -0.3 is 14.6 Å². The highest BCUT2D eigenvalue weighted by molar-refractivity contribution is 5.92. The van der Waals surface area contributed by atoms with Gasteiger partial charge in [0.25, 0.3) is 5.91 Å². The lowest BCUT2D eigenvalue weighted by Gasteiger charge is -2.09. The number of carbonyl (C=O) groups excluding carboxylic acids is 1. The predicted octanol–water partition coefficient (Wildman–Crippen LogP) is 2.66. The Morgan fingerprint density at radius 1 is 1.45 bits per heavy atom. The van der Waals surface area contributed by atoms with Crippen molar-refractivity contribution in [1.82, 2.24) is 15.5 Å². The Balaban J connectivity index is 1.53. The Hall–Kier alpha value is -2.37. The third-order valence-electron chi connectivity index (χ3n) is 3.35. The minimum absolute atomic E-state index is 0.0888. The standard InChI is InChI=1S/C16H19N3O3/c1-10(2)21-15-6-3-11(8-17-15)9-18-16(20)13-7-14(22-19-13)12-4-5-12/h3,6-8,10,12H,4-5,9H2,1-2H3,(H,18,20). The molecule has 0 aromatic carbocycles. The fourth-order valence-corrected chi connectivity index (χ4v) is 2.06. The first-order valence-electron chi connectivity index (χ1n) is 7.48. The Morgan fingerprint density at radius 2 is 2.27 bits per heavy atom. The van der Waals surface area contributed by atoms with E-state index in [2.05, 4.69) is 15.5 Å². The molecule has 6 nitrogen and oxygen atoms in total. The molecule has 0 bridgehead atoms. The molecule has 0 spiro atoms. The van der Waals surface area contributed by atoms with E-state index in [9.17, 15) is 4.79 Å². The van der Waals surface area contributed by atoms with Gasteiger partial charge in [0.05, 0.1) is 6.10 Å². The average molecular weight is 301 g/mol. The summed E-state index contributed by atoms with van der Waals surface area (Å²) in [5, 5.41) is 6.62. The van der Waals surface area contributed by atoms with Crippen LogP contribution in [0.1, 0.15) is 54.4 Å². The molecule has 1 saturated carbocycles. The van der Waals surface area contributed by atoms with Gasteiger partial charge in [0.1, 0.15) is 5.76 Å². The molecule has 1 fully saturated rings. The molecule has 22 heavy (non-hydrogen) atoms. The number of amides is 1. The minimum atomic E-state index is -0.238. The normalized spacial score (nSPS) is 14.1. The molecule has 1 aliphatic carbocycles. The molecule has 116 valence electrons. The molecule has 1 N–H and O–H groups in total. The molecule has 0 saturated heterocycles. The van der Waals surface area contributed by atoms with E-state index in [-0.39, 0.29) is 12.0 Å². The summed E-state index contributed by atoms with van der Waals surface area (Å²) in [4.78, 5) is 16.2. The second-order valence-electron chi connectivity index (χ2n) is 5.74. The van der Waals surface area contributed by atoms with Crippen LogP contribution in [0.2, 0.25) is 0 Å². The van der Waals surface area contributed by atoms with Crippen LogP contribution in [-0.4, -0.2) is 22.2 Å². The monoisotopic (exact) mass is 301 g/mol. The van der Waals surface area contributed by atoms with Gasteiger partial charge >= 0.3 is 0 Å². The molecule has 0 unspecified atom stereocenters. The van der Waals surface area contributed by atoms with Crippen LogP contribution in [-0.2, 0) is 6.54 Å². The zero-order valence-electron chi connectivity index (χ0n) is 12.7. The fourth-order valence-electron chi connectivity index (χ4n) is 2.06. The number of nitrogens with one attached hydrogen (secondary N) is 1. The van der Waals surface area contributed by atoms with Gasteiger partial charge in [-0.15, -0.1) is 0 Å². The van der Waals surface area contributed by atoms with E-state index in [4.69, 9.17) is 9.26 Å². The molecule has 0 atom stereocenters. The Labute approximate surface area is 128 Å². The average Bonchev–Trinajstić information content (AvgIpc) is 3.23. The minimum Gasteiger partial charge on any atom is -0.475 e. The molecule has 1 aliphatic rings. The number of ether oxygens (including phenoxy) is 1. The van der Waals surface area contributed by atoms with Crippen LogP contribution in [0.3, 0.4) is 0 Å². The highest BCUT2D eigenvalue weighted by Gasteiger charge is 2.28. The maximum atomic E-state index is 12.0. The van der Waals surface area contributed by atoms with Crippen LogP contribution in [0.4, 0.5) is 0 Å². The molecule has 0 aliphatic heterocycles. The van der Waals surface area contributed by atoms with E-state index in [0.717, 1.165) is 24.2 Å². The Kier molecular flexibility index (Phi) is 4.09. The van der Waals surface area contributed by atoms with Gasteiger partial charge in [0, 0.05) is 30.8 Å². The smallest absolute Gasteiger partial charge is 0.273 e. The van der Waals surface area contributed by atoms with Gasteiger partial charge in [0.2, 0.25) is 5.88 Å². The van der Waals surface area contributed by atoms with Crippen LogP contribution in [0.5, 0.6) is 5.88 Å². The van der Waals surface area contributed by atoms with E-state index in [1.54, 1.807) is 18.3 Å². The first-order valence-corrected chi connectivity index (χ1v) is 7.48. The summed E-state index contributed by atoms with van der Waals surface area (Å²) in [7, 11) is 0. The lowest BCUT2D eigenvalue weighted by atomic mass is 10.2. The van der Waals surface area contributed by atoms with Gasteiger partial charge in [0.15, 0.2) is 5.69 Å². The zero-order chi connectivity index (χ0) is 15.5. The van der Waals surface area contributed by atoms with Crippen molar-refractivity contribution in [1.29, 1.82) is 0 Å². The van der Waals surface area contributed by atoms with Crippen molar-refractivity contribution in [3.8, 4) is 5.88 Å². The molecular formula is C16H19N3O3. The second kappa shape index (κ2) is 6.17. The van der Waals surface area contributed by atoms with Gasteiger partial charge in [-0.05, 0) is 32.3 Å². The maximum absolute atomic E-state index is 12.0. The topological polar surface area (TPSA) is 77.2 Å². The Morgan fingerprint density at radius 3 is 2.91 bits per heavy atom. The molecular weight excluding hydrogens is 282 g/mol.